The molecule has 0 spiro atoms. The second kappa shape index (κ2) is 5.48. The van der Waals surface area contributed by atoms with Crippen LogP contribution >= 0.6 is 11.3 Å². The Balaban J connectivity index is 1.97. The van der Waals surface area contributed by atoms with Gasteiger partial charge in [-0.05, 0) is 19.4 Å². The zero-order valence-corrected chi connectivity index (χ0v) is 12.0. The minimum atomic E-state index is 0.183. The van der Waals surface area contributed by atoms with Crippen molar-refractivity contribution in [2.24, 2.45) is 0 Å². The van der Waals surface area contributed by atoms with Gasteiger partial charge in [-0.1, -0.05) is 6.92 Å². The van der Waals surface area contributed by atoms with Crippen LogP contribution in [-0.2, 0) is 6.54 Å². The molecular weight excluding hydrogens is 260 g/mol. The first-order valence-corrected chi connectivity index (χ1v) is 7.75. The lowest BCUT2D eigenvalue weighted by Crippen LogP contribution is -2.31. The number of nitrogens with zero attached hydrogens (tertiary/aromatic N) is 3. The van der Waals surface area contributed by atoms with Crippen molar-refractivity contribution in [2.75, 3.05) is 24.6 Å². The SMILES string of the molecule is CCNCc1c(N(CCO)C2CC2)nc2sccn12. The number of fused-ring (bicyclic) bond motifs is 1. The topological polar surface area (TPSA) is 52.8 Å². The molecule has 1 aliphatic rings. The van der Waals surface area contributed by atoms with E-state index in [1.54, 1.807) is 11.3 Å². The lowest BCUT2D eigenvalue weighted by molar-refractivity contribution is 0.301. The second-order valence-electron chi connectivity index (χ2n) is 4.87. The van der Waals surface area contributed by atoms with Crippen molar-refractivity contribution in [2.45, 2.75) is 32.4 Å². The molecule has 0 atom stereocenters. The number of aliphatic hydroxyl groups excluding tert-OH is 1. The van der Waals surface area contributed by atoms with Crippen LogP contribution in [0, 0.1) is 0 Å². The van der Waals surface area contributed by atoms with E-state index < -0.39 is 0 Å². The molecule has 19 heavy (non-hydrogen) atoms. The van der Waals surface area contributed by atoms with Gasteiger partial charge in [-0.3, -0.25) is 4.40 Å². The number of rotatable bonds is 7. The van der Waals surface area contributed by atoms with Gasteiger partial charge >= 0.3 is 0 Å². The van der Waals surface area contributed by atoms with Crippen molar-refractivity contribution in [1.82, 2.24) is 14.7 Å². The quantitative estimate of drug-likeness (QED) is 0.806. The summed E-state index contributed by atoms with van der Waals surface area (Å²) in [6.45, 7) is 4.73. The molecule has 5 nitrogen and oxygen atoms in total. The van der Waals surface area contributed by atoms with Crippen LogP contribution in [0.3, 0.4) is 0 Å². The predicted molar refractivity (Wildman–Crippen MR) is 77.9 cm³/mol. The summed E-state index contributed by atoms with van der Waals surface area (Å²) in [6, 6.07) is 0.567. The summed E-state index contributed by atoms with van der Waals surface area (Å²) in [7, 11) is 0. The molecule has 3 rings (SSSR count). The van der Waals surface area contributed by atoms with Crippen molar-refractivity contribution < 1.29 is 5.11 Å². The molecule has 2 aromatic rings. The Hall–Kier alpha value is -1.11. The van der Waals surface area contributed by atoms with Gasteiger partial charge in [0.1, 0.15) is 0 Å². The van der Waals surface area contributed by atoms with Crippen molar-refractivity contribution in [1.29, 1.82) is 0 Å². The molecule has 0 unspecified atom stereocenters. The smallest absolute Gasteiger partial charge is 0.195 e. The number of nitrogens with one attached hydrogen (secondary N) is 1. The van der Waals surface area contributed by atoms with Crippen LogP contribution in [-0.4, -0.2) is 40.2 Å². The fraction of sp³-hybridized carbons (Fsp3) is 0.615. The highest BCUT2D eigenvalue weighted by molar-refractivity contribution is 7.15. The lowest BCUT2D eigenvalue weighted by atomic mass is 10.3. The lowest BCUT2D eigenvalue weighted by Gasteiger charge is -2.22. The van der Waals surface area contributed by atoms with Crippen LogP contribution in [0.1, 0.15) is 25.5 Å². The monoisotopic (exact) mass is 280 g/mol. The number of hydrogen-bond donors (Lipinski definition) is 2. The third-order valence-corrected chi connectivity index (χ3v) is 4.24. The summed E-state index contributed by atoms with van der Waals surface area (Å²) in [6.07, 6.45) is 4.50. The molecule has 0 bridgehead atoms. The van der Waals surface area contributed by atoms with E-state index in [1.165, 1.54) is 18.5 Å². The van der Waals surface area contributed by atoms with Crippen molar-refractivity contribution in [3.63, 3.8) is 0 Å². The van der Waals surface area contributed by atoms with Gasteiger partial charge in [-0.25, -0.2) is 4.98 Å². The van der Waals surface area contributed by atoms with E-state index in [2.05, 4.69) is 33.1 Å². The van der Waals surface area contributed by atoms with E-state index >= 15 is 0 Å². The molecule has 0 amide bonds. The Bertz CT molecular complexity index is 546. The third kappa shape index (κ3) is 2.48. The highest BCUT2D eigenvalue weighted by atomic mass is 32.1. The molecule has 1 saturated carbocycles. The maximum absolute atomic E-state index is 9.28. The Kier molecular flexibility index (Phi) is 3.72. The average molecular weight is 280 g/mol. The van der Waals surface area contributed by atoms with Gasteiger partial charge in [-0.2, -0.15) is 0 Å². The zero-order valence-electron chi connectivity index (χ0n) is 11.2. The Morgan fingerprint density at radius 1 is 1.58 bits per heavy atom. The molecule has 1 fully saturated rings. The molecule has 1 aliphatic carbocycles. The minimum absolute atomic E-state index is 0.183. The summed E-state index contributed by atoms with van der Waals surface area (Å²) in [5.41, 5.74) is 1.21. The molecule has 104 valence electrons. The molecule has 0 radical (unpaired) electrons. The third-order valence-electron chi connectivity index (χ3n) is 3.48. The van der Waals surface area contributed by atoms with E-state index in [4.69, 9.17) is 4.98 Å². The number of aromatic nitrogens is 2. The van der Waals surface area contributed by atoms with E-state index in [9.17, 15) is 5.11 Å². The summed E-state index contributed by atoms with van der Waals surface area (Å²) in [5.74, 6) is 1.05. The van der Waals surface area contributed by atoms with Crippen LogP contribution in [0.25, 0.3) is 4.96 Å². The minimum Gasteiger partial charge on any atom is -0.395 e. The fourth-order valence-electron chi connectivity index (χ4n) is 2.41. The maximum Gasteiger partial charge on any atom is 0.195 e. The molecule has 0 aliphatic heterocycles. The maximum atomic E-state index is 9.28. The fourth-order valence-corrected chi connectivity index (χ4v) is 3.14. The predicted octanol–water partition coefficient (Wildman–Crippen LogP) is 1.47. The number of anilines is 1. The van der Waals surface area contributed by atoms with E-state index in [0.29, 0.717) is 12.6 Å². The van der Waals surface area contributed by atoms with Crippen LogP contribution in [0.2, 0.25) is 0 Å². The Morgan fingerprint density at radius 2 is 2.42 bits per heavy atom. The van der Waals surface area contributed by atoms with Crippen molar-refractivity contribution in [3.05, 3.63) is 17.3 Å². The molecule has 2 N–H and O–H groups in total. The number of imidazole rings is 1. The number of thiazole rings is 1. The van der Waals surface area contributed by atoms with Crippen LogP contribution < -0.4 is 10.2 Å². The van der Waals surface area contributed by atoms with Gasteiger partial charge in [0.2, 0.25) is 0 Å². The first-order valence-electron chi connectivity index (χ1n) is 6.87. The molecule has 2 heterocycles. The first-order chi connectivity index (χ1) is 9.35. The summed E-state index contributed by atoms with van der Waals surface area (Å²) >= 11 is 1.66. The van der Waals surface area contributed by atoms with Gasteiger partial charge in [0.25, 0.3) is 0 Å². The molecule has 0 aromatic carbocycles. The van der Waals surface area contributed by atoms with Crippen molar-refractivity contribution in [3.8, 4) is 0 Å². The molecular formula is C13H20N4OS. The number of aliphatic hydroxyl groups is 1. The normalized spacial score (nSPS) is 15.3. The standard InChI is InChI=1S/C13H20N4OS/c1-2-14-9-11-12(15-13-17(11)6-8-19-13)16(5-7-18)10-3-4-10/h6,8,10,14,18H,2-5,7,9H2,1H3. The summed E-state index contributed by atoms with van der Waals surface area (Å²) < 4.78 is 2.16. The summed E-state index contributed by atoms with van der Waals surface area (Å²) in [5, 5.41) is 14.7. The van der Waals surface area contributed by atoms with E-state index in [-0.39, 0.29) is 6.61 Å². The van der Waals surface area contributed by atoms with Crippen LogP contribution in [0.15, 0.2) is 11.6 Å². The zero-order chi connectivity index (χ0) is 13.2. The summed E-state index contributed by atoms with van der Waals surface area (Å²) in [4.78, 5) is 8.07. The van der Waals surface area contributed by atoms with Crippen molar-refractivity contribution >= 4 is 22.1 Å². The van der Waals surface area contributed by atoms with Crippen LogP contribution in [0.4, 0.5) is 5.82 Å². The van der Waals surface area contributed by atoms with Gasteiger partial charge in [0.15, 0.2) is 10.8 Å². The second-order valence-corrected chi connectivity index (χ2v) is 5.74. The molecule has 6 heteroatoms. The first kappa shape index (κ1) is 12.9. The van der Waals surface area contributed by atoms with Crippen LogP contribution in [0.5, 0.6) is 0 Å². The highest BCUT2D eigenvalue weighted by Gasteiger charge is 2.32. The van der Waals surface area contributed by atoms with Gasteiger partial charge in [0, 0.05) is 30.7 Å². The average Bonchev–Trinajstić information content (AvgIpc) is 3.05. The van der Waals surface area contributed by atoms with Gasteiger partial charge in [-0.15, -0.1) is 11.3 Å². The molecule has 0 saturated heterocycles. The number of hydrogen-bond acceptors (Lipinski definition) is 5. The Labute approximate surface area is 116 Å². The highest BCUT2D eigenvalue weighted by Crippen LogP contribution is 2.34. The van der Waals surface area contributed by atoms with Gasteiger partial charge < -0.3 is 15.3 Å². The Morgan fingerprint density at radius 3 is 3.11 bits per heavy atom. The van der Waals surface area contributed by atoms with E-state index in [1.807, 2.05) is 0 Å². The van der Waals surface area contributed by atoms with Gasteiger partial charge in [0.05, 0.1) is 12.3 Å². The van der Waals surface area contributed by atoms with E-state index in [0.717, 1.165) is 23.9 Å². The largest absolute Gasteiger partial charge is 0.395 e. The molecule has 2 aromatic heterocycles.